The largest absolute Gasteiger partial charge is 0.342 e. The number of allylic oxidation sites excluding steroid dienone is 1. The van der Waals surface area contributed by atoms with Gasteiger partial charge in [0.1, 0.15) is 0 Å². The summed E-state index contributed by atoms with van der Waals surface area (Å²) >= 11 is 1.61. The minimum absolute atomic E-state index is 0.268. The van der Waals surface area contributed by atoms with E-state index in [4.69, 9.17) is 0 Å². The van der Waals surface area contributed by atoms with Crippen LogP contribution in [-0.4, -0.2) is 23.9 Å². The van der Waals surface area contributed by atoms with Crippen molar-refractivity contribution in [3.8, 4) is 0 Å². The zero-order chi connectivity index (χ0) is 11.8. The summed E-state index contributed by atoms with van der Waals surface area (Å²) in [4.78, 5) is 13.8. The highest BCUT2D eigenvalue weighted by atomic mass is 32.2. The predicted octanol–water partition coefficient (Wildman–Crippen LogP) is 3.42. The summed E-state index contributed by atoms with van der Waals surface area (Å²) in [5.74, 6) is 1.05. The first-order valence-corrected chi connectivity index (χ1v) is 6.87. The van der Waals surface area contributed by atoms with Crippen molar-refractivity contribution >= 4 is 17.7 Å². The second kappa shape index (κ2) is 7.55. The molecule has 0 spiro atoms. The number of thioether (sulfide) groups is 1. The van der Waals surface area contributed by atoms with Gasteiger partial charge in [-0.3, -0.25) is 4.79 Å². The zero-order valence-electron chi connectivity index (χ0n) is 10.2. The normalized spacial score (nSPS) is 18.8. The van der Waals surface area contributed by atoms with E-state index in [0.717, 1.165) is 31.8 Å². The summed E-state index contributed by atoms with van der Waals surface area (Å²) in [6.45, 7) is 6.13. The monoisotopic (exact) mass is 239 g/mol. The first-order chi connectivity index (χ1) is 7.74. The first-order valence-electron chi connectivity index (χ1n) is 5.93. The molecule has 3 heteroatoms. The molecule has 1 fully saturated rings. The Morgan fingerprint density at radius 2 is 2.06 bits per heavy atom. The molecule has 1 aliphatic heterocycles. The molecular weight excluding hydrogens is 218 g/mol. The zero-order valence-corrected chi connectivity index (χ0v) is 11.0. The fourth-order valence-corrected chi connectivity index (χ4v) is 2.17. The Bertz CT molecular complexity index is 265. The van der Waals surface area contributed by atoms with Gasteiger partial charge in [0.25, 0.3) is 0 Å². The summed E-state index contributed by atoms with van der Waals surface area (Å²) in [6, 6.07) is 0. The lowest BCUT2D eigenvalue weighted by Crippen LogP contribution is -2.37. The van der Waals surface area contributed by atoms with Crippen LogP contribution in [0.15, 0.2) is 23.0 Å². The van der Waals surface area contributed by atoms with E-state index >= 15 is 0 Å². The fraction of sp³-hybridized carbons (Fsp3) is 0.615. The van der Waals surface area contributed by atoms with Crippen molar-refractivity contribution in [3.63, 3.8) is 0 Å². The highest BCUT2D eigenvalue weighted by molar-refractivity contribution is 8.04. The summed E-state index contributed by atoms with van der Waals surface area (Å²) < 4.78 is 0. The van der Waals surface area contributed by atoms with Gasteiger partial charge in [-0.05, 0) is 36.5 Å². The summed E-state index contributed by atoms with van der Waals surface area (Å²) in [5.41, 5.74) is 0. The lowest BCUT2D eigenvalue weighted by Gasteiger charge is -2.30. The van der Waals surface area contributed by atoms with Gasteiger partial charge in [-0.25, -0.2) is 0 Å². The van der Waals surface area contributed by atoms with Gasteiger partial charge in [0.2, 0.25) is 5.91 Å². The van der Waals surface area contributed by atoms with Crippen molar-refractivity contribution in [3.05, 3.63) is 23.0 Å². The Hall–Kier alpha value is -0.700. The standard InChI is InChI=1S/C13H21NOS/c1-3-10-16-11-4-5-13(15)14-8-6-12(2)7-9-14/h3-4,10-12H,5-9H2,1-2H3/b10-3-,11-4-. The quantitative estimate of drug-likeness (QED) is 0.749. The average Bonchev–Trinajstić information content (AvgIpc) is 2.29. The second-order valence-electron chi connectivity index (χ2n) is 4.24. The van der Waals surface area contributed by atoms with Gasteiger partial charge >= 0.3 is 0 Å². The van der Waals surface area contributed by atoms with Crippen molar-refractivity contribution in [1.82, 2.24) is 4.90 Å². The van der Waals surface area contributed by atoms with E-state index in [1.165, 1.54) is 0 Å². The molecule has 1 aliphatic rings. The highest BCUT2D eigenvalue weighted by Crippen LogP contribution is 2.16. The minimum atomic E-state index is 0.268. The van der Waals surface area contributed by atoms with Crippen LogP contribution in [0.25, 0.3) is 0 Å². The van der Waals surface area contributed by atoms with Gasteiger partial charge in [-0.1, -0.05) is 19.1 Å². The molecule has 0 aromatic rings. The van der Waals surface area contributed by atoms with Crippen molar-refractivity contribution in [2.24, 2.45) is 5.92 Å². The van der Waals surface area contributed by atoms with Gasteiger partial charge in [-0.2, -0.15) is 0 Å². The number of likely N-dealkylation sites (tertiary alicyclic amines) is 1. The molecule has 0 N–H and O–H groups in total. The van der Waals surface area contributed by atoms with Crippen molar-refractivity contribution < 1.29 is 4.79 Å². The lowest BCUT2D eigenvalue weighted by atomic mass is 9.99. The number of amides is 1. The molecule has 90 valence electrons. The van der Waals surface area contributed by atoms with Crippen LogP contribution < -0.4 is 0 Å². The summed E-state index contributed by atoms with van der Waals surface area (Å²) in [7, 11) is 0. The van der Waals surface area contributed by atoms with E-state index in [0.29, 0.717) is 6.42 Å². The predicted molar refractivity (Wildman–Crippen MR) is 71.1 cm³/mol. The Morgan fingerprint density at radius 1 is 1.38 bits per heavy atom. The molecule has 1 rings (SSSR count). The third kappa shape index (κ3) is 4.88. The molecule has 0 aliphatic carbocycles. The number of nitrogens with zero attached hydrogens (tertiary/aromatic N) is 1. The molecule has 0 aromatic carbocycles. The Morgan fingerprint density at radius 3 is 2.69 bits per heavy atom. The van der Waals surface area contributed by atoms with Crippen LogP contribution in [-0.2, 0) is 4.79 Å². The maximum Gasteiger partial charge on any atom is 0.226 e. The van der Waals surface area contributed by atoms with Crippen molar-refractivity contribution in [1.29, 1.82) is 0 Å². The van der Waals surface area contributed by atoms with Gasteiger partial charge in [0.05, 0.1) is 0 Å². The summed E-state index contributed by atoms with van der Waals surface area (Å²) in [6.07, 6.45) is 6.79. The number of carbonyl (C=O) groups excluding carboxylic acids is 1. The third-order valence-corrected chi connectivity index (χ3v) is 3.60. The van der Waals surface area contributed by atoms with E-state index in [9.17, 15) is 4.79 Å². The van der Waals surface area contributed by atoms with Gasteiger partial charge in [0.15, 0.2) is 0 Å². The number of hydrogen-bond acceptors (Lipinski definition) is 2. The number of carbonyl (C=O) groups is 1. The highest BCUT2D eigenvalue weighted by Gasteiger charge is 2.18. The fourth-order valence-electron chi connectivity index (χ4n) is 1.72. The van der Waals surface area contributed by atoms with E-state index in [2.05, 4.69) is 6.92 Å². The van der Waals surface area contributed by atoms with E-state index in [-0.39, 0.29) is 5.91 Å². The Kier molecular flexibility index (Phi) is 6.31. The molecule has 0 saturated carbocycles. The Labute approximate surface area is 103 Å². The molecule has 1 saturated heterocycles. The van der Waals surface area contributed by atoms with Crippen LogP contribution in [0.2, 0.25) is 0 Å². The molecular formula is C13H21NOS. The molecule has 16 heavy (non-hydrogen) atoms. The lowest BCUT2D eigenvalue weighted by molar-refractivity contribution is -0.131. The van der Waals surface area contributed by atoms with E-state index in [1.807, 2.05) is 34.8 Å². The van der Waals surface area contributed by atoms with Crippen molar-refractivity contribution in [2.45, 2.75) is 33.1 Å². The maximum absolute atomic E-state index is 11.8. The minimum Gasteiger partial charge on any atom is -0.342 e. The maximum atomic E-state index is 11.8. The third-order valence-electron chi connectivity index (χ3n) is 2.82. The van der Waals surface area contributed by atoms with Gasteiger partial charge < -0.3 is 4.90 Å². The number of piperidine rings is 1. The molecule has 2 nitrogen and oxygen atoms in total. The van der Waals surface area contributed by atoms with Crippen molar-refractivity contribution in [2.75, 3.05) is 13.1 Å². The van der Waals surface area contributed by atoms with E-state index in [1.54, 1.807) is 11.8 Å². The van der Waals surface area contributed by atoms with Crippen LogP contribution in [0.1, 0.15) is 33.1 Å². The molecule has 0 radical (unpaired) electrons. The molecule has 1 amide bonds. The van der Waals surface area contributed by atoms with Crippen LogP contribution in [0.3, 0.4) is 0 Å². The molecule has 0 unspecified atom stereocenters. The Balaban J connectivity index is 2.22. The van der Waals surface area contributed by atoms with Gasteiger partial charge in [0, 0.05) is 19.5 Å². The SMILES string of the molecule is C/C=C\S/C=C\CC(=O)N1CCC(C)CC1. The topological polar surface area (TPSA) is 20.3 Å². The van der Waals surface area contributed by atoms with Crippen LogP contribution in [0, 0.1) is 5.92 Å². The molecule has 1 heterocycles. The molecule has 0 bridgehead atoms. The number of hydrogen-bond donors (Lipinski definition) is 0. The second-order valence-corrected chi connectivity index (χ2v) is 5.06. The van der Waals surface area contributed by atoms with Crippen LogP contribution in [0.4, 0.5) is 0 Å². The van der Waals surface area contributed by atoms with Gasteiger partial charge in [-0.15, -0.1) is 11.8 Å². The van der Waals surface area contributed by atoms with Crippen LogP contribution in [0.5, 0.6) is 0 Å². The first kappa shape index (κ1) is 13.4. The number of rotatable bonds is 4. The molecule has 0 atom stereocenters. The van der Waals surface area contributed by atoms with E-state index < -0.39 is 0 Å². The smallest absolute Gasteiger partial charge is 0.226 e. The van der Waals surface area contributed by atoms with Crippen LogP contribution >= 0.6 is 11.8 Å². The average molecular weight is 239 g/mol. The summed E-state index contributed by atoms with van der Waals surface area (Å²) in [5, 5.41) is 3.98. The molecule has 0 aromatic heterocycles.